The highest BCUT2D eigenvalue weighted by molar-refractivity contribution is 6.34. The molecule has 33 heavy (non-hydrogen) atoms. The van der Waals surface area contributed by atoms with Crippen molar-refractivity contribution in [3.05, 3.63) is 52.9 Å². The molecule has 9 heteroatoms. The fourth-order valence-corrected chi connectivity index (χ4v) is 5.17. The molecule has 0 atom stereocenters. The first-order valence-corrected chi connectivity index (χ1v) is 11.9. The summed E-state index contributed by atoms with van der Waals surface area (Å²) in [5.74, 6) is 0.836. The molecule has 0 unspecified atom stereocenters. The van der Waals surface area contributed by atoms with E-state index in [-0.39, 0.29) is 17.0 Å². The van der Waals surface area contributed by atoms with Gasteiger partial charge >= 0.3 is 6.18 Å². The van der Waals surface area contributed by atoms with Gasteiger partial charge in [-0.15, -0.1) is 0 Å². The number of hydrogen-bond donors (Lipinski definition) is 1. The molecule has 0 spiro atoms. The number of piperazine rings is 1. The highest BCUT2D eigenvalue weighted by atomic mass is 35.5. The van der Waals surface area contributed by atoms with E-state index in [4.69, 9.17) is 16.0 Å². The van der Waals surface area contributed by atoms with Gasteiger partial charge in [0.1, 0.15) is 0 Å². The van der Waals surface area contributed by atoms with Crippen LogP contribution in [0.15, 0.2) is 41.0 Å². The Bertz CT molecular complexity index is 920. The Balaban J connectivity index is 1.18. The Kier molecular flexibility index (Phi) is 7.54. The van der Waals surface area contributed by atoms with E-state index in [1.165, 1.54) is 12.3 Å². The zero-order valence-corrected chi connectivity index (χ0v) is 19.2. The number of halogens is 4. The molecule has 1 amide bonds. The minimum Gasteiger partial charge on any atom is -0.459 e. The van der Waals surface area contributed by atoms with Gasteiger partial charge < -0.3 is 14.6 Å². The van der Waals surface area contributed by atoms with Gasteiger partial charge in [0.15, 0.2) is 5.76 Å². The second kappa shape index (κ2) is 10.4. The molecule has 1 N–H and O–H groups in total. The largest absolute Gasteiger partial charge is 0.459 e. The quantitative estimate of drug-likeness (QED) is 0.593. The Hall–Kier alpha value is -2.19. The van der Waals surface area contributed by atoms with Crippen molar-refractivity contribution in [3.63, 3.8) is 0 Å². The lowest BCUT2D eigenvalue weighted by Crippen LogP contribution is -2.47. The van der Waals surface area contributed by atoms with E-state index in [1.807, 2.05) is 4.90 Å². The lowest BCUT2D eigenvalue weighted by Gasteiger charge is -2.38. The fraction of sp³-hybridized carbons (Fsp3) is 0.542. The summed E-state index contributed by atoms with van der Waals surface area (Å²) in [6, 6.07) is 7.68. The van der Waals surface area contributed by atoms with Crippen LogP contribution in [0.3, 0.4) is 0 Å². The number of benzene rings is 1. The van der Waals surface area contributed by atoms with Crippen LogP contribution in [0, 0.1) is 5.92 Å². The lowest BCUT2D eigenvalue weighted by molar-refractivity contribution is -0.137. The van der Waals surface area contributed by atoms with E-state index >= 15 is 0 Å². The third-order valence-electron chi connectivity index (χ3n) is 6.78. The van der Waals surface area contributed by atoms with Gasteiger partial charge in [-0.25, -0.2) is 0 Å². The van der Waals surface area contributed by atoms with E-state index in [0.29, 0.717) is 30.5 Å². The molecule has 1 saturated carbocycles. The predicted octanol–water partition coefficient (Wildman–Crippen LogP) is 5.45. The zero-order chi connectivity index (χ0) is 23.4. The molecule has 0 bridgehead atoms. The van der Waals surface area contributed by atoms with Crippen LogP contribution in [0.5, 0.6) is 0 Å². The number of carbonyl (C=O) groups is 1. The Morgan fingerprint density at radius 2 is 1.79 bits per heavy atom. The van der Waals surface area contributed by atoms with E-state index in [2.05, 4.69) is 10.2 Å². The number of amides is 1. The first-order valence-electron chi connectivity index (χ1n) is 11.5. The zero-order valence-electron chi connectivity index (χ0n) is 18.4. The topological polar surface area (TPSA) is 48.7 Å². The second-order valence-electron chi connectivity index (χ2n) is 8.92. The molecule has 2 aliphatic rings. The van der Waals surface area contributed by atoms with Crippen LogP contribution in [-0.4, -0.2) is 49.6 Å². The normalized spacial score (nSPS) is 22.4. The first kappa shape index (κ1) is 24.0. The summed E-state index contributed by atoms with van der Waals surface area (Å²) in [7, 11) is 0. The third kappa shape index (κ3) is 6.03. The van der Waals surface area contributed by atoms with E-state index in [1.54, 1.807) is 18.2 Å². The smallest absolute Gasteiger partial charge is 0.417 e. The second-order valence-corrected chi connectivity index (χ2v) is 9.30. The maximum Gasteiger partial charge on any atom is 0.417 e. The van der Waals surface area contributed by atoms with Gasteiger partial charge in [0.25, 0.3) is 5.91 Å². The number of rotatable bonds is 6. The number of alkyl halides is 3. The van der Waals surface area contributed by atoms with Gasteiger partial charge in [-0.2, -0.15) is 13.2 Å². The van der Waals surface area contributed by atoms with Gasteiger partial charge in [-0.3, -0.25) is 9.69 Å². The summed E-state index contributed by atoms with van der Waals surface area (Å²) in [4.78, 5) is 16.4. The third-order valence-corrected chi connectivity index (χ3v) is 7.17. The Morgan fingerprint density at radius 3 is 2.42 bits per heavy atom. The van der Waals surface area contributed by atoms with Gasteiger partial charge in [-0.1, -0.05) is 17.7 Å². The molecule has 4 rings (SSSR count). The van der Waals surface area contributed by atoms with Crippen molar-refractivity contribution < 1.29 is 22.4 Å². The minimum atomic E-state index is -4.45. The average molecular weight is 484 g/mol. The predicted molar refractivity (Wildman–Crippen MR) is 122 cm³/mol. The molecule has 180 valence electrons. The van der Waals surface area contributed by atoms with Crippen LogP contribution >= 0.6 is 11.6 Å². The van der Waals surface area contributed by atoms with Crippen LogP contribution in [0.25, 0.3) is 0 Å². The summed E-state index contributed by atoms with van der Waals surface area (Å²) in [5.41, 5.74) is -0.318. The first-order chi connectivity index (χ1) is 15.8. The monoisotopic (exact) mass is 483 g/mol. The van der Waals surface area contributed by atoms with Crippen molar-refractivity contribution in [2.75, 3.05) is 37.6 Å². The molecule has 1 aromatic carbocycles. The van der Waals surface area contributed by atoms with Crippen molar-refractivity contribution >= 4 is 23.2 Å². The molecular weight excluding hydrogens is 455 g/mol. The van der Waals surface area contributed by atoms with Crippen molar-refractivity contribution in [3.8, 4) is 0 Å². The molecule has 2 heterocycles. The van der Waals surface area contributed by atoms with Crippen LogP contribution in [0.1, 0.15) is 48.2 Å². The van der Waals surface area contributed by atoms with Gasteiger partial charge in [-0.05, 0) is 68.8 Å². The van der Waals surface area contributed by atoms with Crippen molar-refractivity contribution in [1.82, 2.24) is 10.2 Å². The highest BCUT2D eigenvalue weighted by Crippen LogP contribution is 2.39. The molecule has 1 aliphatic heterocycles. The van der Waals surface area contributed by atoms with Crippen LogP contribution < -0.4 is 10.2 Å². The summed E-state index contributed by atoms with van der Waals surface area (Å²) < 4.78 is 44.6. The Morgan fingerprint density at radius 1 is 1.06 bits per heavy atom. The van der Waals surface area contributed by atoms with E-state index in [0.717, 1.165) is 57.8 Å². The minimum absolute atomic E-state index is 0.151. The number of furan rings is 1. The number of nitrogens with zero attached hydrogens (tertiary/aromatic N) is 2. The molecule has 2 aromatic rings. The summed E-state index contributed by atoms with van der Waals surface area (Å²) in [6.45, 7) is 3.92. The molecule has 1 aliphatic carbocycles. The standard InChI is InChI=1S/C24H29ClF3N3O2/c25-22-19(24(26,27)28)3-1-4-20(22)31-14-12-30(13-15-31)11-10-17-6-8-18(9-7-17)29-23(32)21-5-2-16-33-21/h1-5,16-18H,6-15H2,(H,29,32). The summed E-state index contributed by atoms with van der Waals surface area (Å²) >= 11 is 6.09. The summed E-state index contributed by atoms with van der Waals surface area (Å²) in [6.07, 6.45) is 2.27. The highest BCUT2D eigenvalue weighted by Gasteiger charge is 2.35. The van der Waals surface area contributed by atoms with Gasteiger partial charge in [0, 0.05) is 32.2 Å². The van der Waals surface area contributed by atoms with Crippen LogP contribution in [0.2, 0.25) is 5.02 Å². The number of nitrogens with one attached hydrogen (secondary N) is 1. The number of hydrogen-bond acceptors (Lipinski definition) is 4. The molecule has 1 aromatic heterocycles. The molecule has 1 saturated heterocycles. The number of carbonyl (C=O) groups excluding carboxylic acids is 1. The molecule has 2 fully saturated rings. The van der Waals surface area contributed by atoms with E-state index < -0.39 is 11.7 Å². The molecule has 0 radical (unpaired) electrons. The molecule has 5 nitrogen and oxygen atoms in total. The SMILES string of the molecule is O=C(NC1CCC(CCN2CCN(c3cccc(C(F)(F)F)c3Cl)CC2)CC1)c1ccco1. The lowest BCUT2D eigenvalue weighted by atomic mass is 9.84. The Labute approximate surface area is 196 Å². The van der Waals surface area contributed by atoms with Gasteiger partial charge in [0.05, 0.1) is 22.5 Å². The fourth-order valence-electron chi connectivity index (χ4n) is 4.82. The van der Waals surface area contributed by atoms with Gasteiger partial charge in [0.2, 0.25) is 0 Å². The van der Waals surface area contributed by atoms with Crippen molar-refractivity contribution in [1.29, 1.82) is 0 Å². The maximum atomic E-state index is 13.1. The van der Waals surface area contributed by atoms with Crippen LogP contribution in [-0.2, 0) is 6.18 Å². The summed E-state index contributed by atoms with van der Waals surface area (Å²) in [5, 5.41) is 2.84. The number of anilines is 1. The van der Waals surface area contributed by atoms with Crippen molar-refractivity contribution in [2.24, 2.45) is 5.92 Å². The average Bonchev–Trinajstić information content (AvgIpc) is 3.34. The maximum absolute atomic E-state index is 13.1. The molecular formula is C24H29ClF3N3O2. The van der Waals surface area contributed by atoms with E-state index in [9.17, 15) is 18.0 Å². The van der Waals surface area contributed by atoms with Crippen molar-refractivity contribution in [2.45, 2.75) is 44.3 Å². The van der Waals surface area contributed by atoms with Crippen LogP contribution in [0.4, 0.5) is 18.9 Å².